The highest BCUT2D eigenvalue weighted by Gasteiger charge is 2.46. The van der Waals surface area contributed by atoms with E-state index in [2.05, 4.69) is 5.32 Å². The van der Waals surface area contributed by atoms with E-state index < -0.39 is 35.3 Å². The molecule has 1 aromatic carbocycles. The fourth-order valence-electron chi connectivity index (χ4n) is 2.45. The SMILES string of the molecule is Fc1cc(C(F)(F)F)ccc1[C@H](N1CCNCC1)C(F)(F)F. The van der Waals surface area contributed by atoms with Crippen LogP contribution in [0.3, 0.4) is 0 Å². The van der Waals surface area contributed by atoms with Crippen LogP contribution in [0.5, 0.6) is 0 Å². The first-order chi connectivity index (χ1) is 10.1. The van der Waals surface area contributed by atoms with Gasteiger partial charge < -0.3 is 5.32 Å². The van der Waals surface area contributed by atoms with E-state index in [1.54, 1.807) is 0 Å². The van der Waals surface area contributed by atoms with Crippen molar-refractivity contribution in [2.24, 2.45) is 0 Å². The number of halogens is 7. The third kappa shape index (κ3) is 3.70. The third-order valence-electron chi connectivity index (χ3n) is 3.45. The average Bonchev–Trinajstić information content (AvgIpc) is 2.39. The highest BCUT2D eigenvalue weighted by molar-refractivity contribution is 5.29. The third-order valence-corrected chi connectivity index (χ3v) is 3.45. The lowest BCUT2D eigenvalue weighted by Gasteiger charge is -2.36. The van der Waals surface area contributed by atoms with Gasteiger partial charge in [0.1, 0.15) is 11.9 Å². The summed E-state index contributed by atoms with van der Waals surface area (Å²) in [7, 11) is 0. The minimum Gasteiger partial charge on any atom is -0.314 e. The van der Waals surface area contributed by atoms with Gasteiger partial charge in [0.2, 0.25) is 0 Å². The van der Waals surface area contributed by atoms with Gasteiger partial charge >= 0.3 is 12.4 Å². The predicted molar refractivity (Wildman–Crippen MR) is 64.6 cm³/mol. The molecular formula is C13H13F7N2. The Labute approximate surface area is 121 Å². The average molecular weight is 330 g/mol. The topological polar surface area (TPSA) is 15.3 Å². The zero-order valence-corrected chi connectivity index (χ0v) is 11.2. The Morgan fingerprint density at radius 1 is 1.00 bits per heavy atom. The van der Waals surface area contributed by atoms with Crippen molar-refractivity contribution in [2.75, 3.05) is 26.2 Å². The van der Waals surface area contributed by atoms with Crippen LogP contribution in [0.15, 0.2) is 18.2 Å². The second-order valence-corrected chi connectivity index (χ2v) is 4.96. The van der Waals surface area contributed by atoms with Gasteiger partial charge in [0, 0.05) is 31.7 Å². The van der Waals surface area contributed by atoms with E-state index in [9.17, 15) is 30.7 Å². The van der Waals surface area contributed by atoms with Gasteiger partial charge in [0.05, 0.1) is 5.56 Å². The van der Waals surface area contributed by atoms with Crippen LogP contribution in [0, 0.1) is 5.82 Å². The molecule has 0 saturated carbocycles. The van der Waals surface area contributed by atoms with Gasteiger partial charge in [-0.1, -0.05) is 6.07 Å². The van der Waals surface area contributed by atoms with E-state index in [4.69, 9.17) is 0 Å². The van der Waals surface area contributed by atoms with Crippen molar-refractivity contribution in [3.05, 3.63) is 35.1 Å². The molecule has 1 aliphatic rings. The van der Waals surface area contributed by atoms with Crippen molar-refractivity contribution in [3.8, 4) is 0 Å². The molecule has 0 aliphatic carbocycles. The number of benzene rings is 1. The Balaban J connectivity index is 2.40. The van der Waals surface area contributed by atoms with Crippen LogP contribution in [0.25, 0.3) is 0 Å². The minimum absolute atomic E-state index is 0.0324. The molecule has 1 aliphatic heterocycles. The normalized spacial score (nSPS) is 19.2. The van der Waals surface area contributed by atoms with Crippen LogP contribution < -0.4 is 5.32 Å². The molecule has 0 amide bonds. The first-order valence-electron chi connectivity index (χ1n) is 6.49. The van der Waals surface area contributed by atoms with Gasteiger partial charge in [0.25, 0.3) is 0 Å². The second-order valence-electron chi connectivity index (χ2n) is 4.96. The van der Waals surface area contributed by atoms with Crippen LogP contribution in [0.4, 0.5) is 30.7 Å². The lowest BCUT2D eigenvalue weighted by atomic mass is 10.0. The van der Waals surface area contributed by atoms with E-state index in [1.165, 1.54) is 0 Å². The summed E-state index contributed by atoms with van der Waals surface area (Å²) in [5.74, 6) is -1.50. The van der Waals surface area contributed by atoms with Crippen LogP contribution in [0.2, 0.25) is 0 Å². The largest absolute Gasteiger partial charge is 0.416 e. The maximum absolute atomic E-state index is 13.9. The summed E-state index contributed by atoms with van der Waals surface area (Å²) < 4.78 is 91.1. The van der Waals surface area contributed by atoms with Crippen LogP contribution >= 0.6 is 0 Å². The van der Waals surface area contributed by atoms with Crippen LogP contribution in [0.1, 0.15) is 17.2 Å². The fraction of sp³-hybridized carbons (Fsp3) is 0.538. The summed E-state index contributed by atoms with van der Waals surface area (Å²) in [5, 5.41) is 2.86. The molecule has 1 atom stereocenters. The maximum Gasteiger partial charge on any atom is 0.416 e. The molecule has 2 nitrogen and oxygen atoms in total. The Kier molecular flexibility index (Phi) is 4.67. The molecule has 1 heterocycles. The standard InChI is InChI=1S/C13H13F7N2/c14-10-7-8(12(15,16)17)1-2-9(10)11(13(18,19)20)22-5-3-21-4-6-22/h1-2,7,11,21H,3-6H2/t11-/m0/s1. The number of rotatable bonds is 2. The van der Waals surface area contributed by atoms with Gasteiger partial charge in [0.15, 0.2) is 0 Å². The van der Waals surface area contributed by atoms with Crippen molar-refractivity contribution >= 4 is 0 Å². The molecule has 1 N–H and O–H groups in total. The van der Waals surface area contributed by atoms with E-state index in [-0.39, 0.29) is 19.2 Å². The number of hydrogen-bond donors (Lipinski definition) is 1. The van der Waals surface area contributed by atoms with Gasteiger partial charge in [-0.15, -0.1) is 0 Å². The molecule has 1 aromatic rings. The number of piperazine rings is 1. The van der Waals surface area contributed by atoms with Crippen molar-refractivity contribution < 1.29 is 30.7 Å². The molecule has 1 saturated heterocycles. The first-order valence-corrected chi connectivity index (χ1v) is 6.49. The molecule has 0 unspecified atom stereocenters. The van der Waals surface area contributed by atoms with E-state index >= 15 is 0 Å². The van der Waals surface area contributed by atoms with Crippen LogP contribution in [-0.4, -0.2) is 37.3 Å². The molecule has 2 rings (SSSR count). The molecule has 9 heteroatoms. The smallest absolute Gasteiger partial charge is 0.314 e. The van der Waals surface area contributed by atoms with Gasteiger partial charge in [-0.3, -0.25) is 4.90 Å². The molecule has 124 valence electrons. The predicted octanol–water partition coefficient (Wildman–Crippen LogP) is 3.35. The number of alkyl halides is 6. The van der Waals surface area contributed by atoms with Crippen LogP contribution in [-0.2, 0) is 6.18 Å². The Morgan fingerprint density at radius 3 is 2.05 bits per heavy atom. The summed E-state index contributed by atoms with van der Waals surface area (Å²) in [6.45, 7) is 0.666. The highest BCUT2D eigenvalue weighted by atomic mass is 19.4. The molecule has 0 bridgehead atoms. The van der Waals surface area contributed by atoms with E-state index in [0.717, 1.165) is 4.90 Å². The van der Waals surface area contributed by atoms with Gasteiger partial charge in [-0.25, -0.2) is 4.39 Å². The first kappa shape index (κ1) is 17.0. The molecule has 22 heavy (non-hydrogen) atoms. The molecule has 0 spiro atoms. The highest BCUT2D eigenvalue weighted by Crippen LogP contribution is 2.40. The molecule has 1 fully saturated rings. The zero-order chi connectivity index (χ0) is 16.5. The van der Waals surface area contributed by atoms with E-state index in [1.807, 2.05) is 0 Å². The molecular weight excluding hydrogens is 317 g/mol. The summed E-state index contributed by atoms with van der Waals surface area (Å²) in [4.78, 5) is 1.02. The van der Waals surface area contributed by atoms with E-state index in [0.29, 0.717) is 25.2 Å². The number of nitrogens with zero attached hydrogens (tertiary/aromatic N) is 1. The summed E-state index contributed by atoms with van der Waals surface area (Å²) in [6.07, 6.45) is -9.58. The van der Waals surface area contributed by atoms with Gasteiger partial charge in [-0.2, -0.15) is 26.3 Å². The second kappa shape index (κ2) is 6.04. The van der Waals surface area contributed by atoms with Gasteiger partial charge in [-0.05, 0) is 12.1 Å². The van der Waals surface area contributed by atoms with Crippen molar-refractivity contribution in [3.63, 3.8) is 0 Å². The lowest BCUT2D eigenvalue weighted by molar-refractivity contribution is -0.188. The number of nitrogens with one attached hydrogen (secondary N) is 1. The Bertz CT molecular complexity index is 518. The Hall–Kier alpha value is -1.35. The quantitative estimate of drug-likeness (QED) is 0.837. The van der Waals surface area contributed by atoms with Crippen molar-refractivity contribution in [1.82, 2.24) is 10.2 Å². The molecule has 0 radical (unpaired) electrons. The monoisotopic (exact) mass is 330 g/mol. The van der Waals surface area contributed by atoms with Crippen molar-refractivity contribution in [2.45, 2.75) is 18.4 Å². The summed E-state index contributed by atoms with van der Waals surface area (Å²) in [5.41, 5.74) is -2.10. The lowest BCUT2D eigenvalue weighted by Crippen LogP contribution is -2.49. The minimum atomic E-state index is -4.80. The molecule has 0 aromatic heterocycles. The maximum atomic E-state index is 13.9. The Morgan fingerprint density at radius 2 is 1.59 bits per heavy atom. The summed E-state index contributed by atoms with van der Waals surface area (Å²) in [6, 6.07) is -1.11. The van der Waals surface area contributed by atoms with Crippen molar-refractivity contribution in [1.29, 1.82) is 0 Å². The number of hydrogen-bond acceptors (Lipinski definition) is 2. The summed E-state index contributed by atoms with van der Waals surface area (Å²) >= 11 is 0. The zero-order valence-electron chi connectivity index (χ0n) is 11.2. The fourth-order valence-corrected chi connectivity index (χ4v) is 2.45.